The first-order chi connectivity index (χ1) is 11.1. The fraction of sp³-hybridized carbons (Fsp3) is 0.353. The molecule has 23 heavy (non-hydrogen) atoms. The van der Waals surface area contributed by atoms with Gasteiger partial charge >= 0.3 is 0 Å². The molecule has 1 saturated heterocycles. The van der Waals surface area contributed by atoms with Crippen molar-refractivity contribution in [2.45, 2.75) is 25.7 Å². The van der Waals surface area contributed by atoms with Crippen LogP contribution in [0.3, 0.4) is 0 Å². The summed E-state index contributed by atoms with van der Waals surface area (Å²) < 4.78 is 5.88. The lowest BCUT2D eigenvalue weighted by Crippen LogP contribution is -2.38. The molecule has 1 atom stereocenters. The van der Waals surface area contributed by atoms with E-state index in [0.717, 1.165) is 25.1 Å². The van der Waals surface area contributed by atoms with E-state index in [0.29, 0.717) is 23.2 Å². The summed E-state index contributed by atoms with van der Waals surface area (Å²) in [7, 11) is 0. The molecule has 0 spiro atoms. The highest BCUT2D eigenvalue weighted by atomic mass is 35.5. The Hall–Kier alpha value is -2.14. The van der Waals surface area contributed by atoms with Gasteiger partial charge in [-0.2, -0.15) is 0 Å². The van der Waals surface area contributed by atoms with Crippen molar-refractivity contribution in [3.8, 4) is 11.6 Å². The lowest BCUT2D eigenvalue weighted by Gasteiger charge is -2.32. The molecular weight excluding hydrogens is 314 g/mol. The minimum absolute atomic E-state index is 0.0961. The van der Waals surface area contributed by atoms with Crippen LogP contribution in [0, 0.1) is 0 Å². The summed E-state index contributed by atoms with van der Waals surface area (Å²) >= 11 is 5.89. The molecule has 1 aliphatic rings. The topological polar surface area (TPSA) is 55.3 Å². The van der Waals surface area contributed by atoms with E-state index < -0.39 is 0 Å². The van der Waals surface area contributed by atoms with Crippen LogP contribution in [-0.2, 0) is 4.79 Å². The van der Waals surface area contributed by atoms with E-state index in [1.54, 1.807) is 43.6 Å². The maximum atomic E-state index is 11.6. The maximum Gasteiger partial charge on any atom is 0.241 e. The van der Waals surface area contributed by atoms with Gasteiger partial charge in [-0.05, 0) is 37.1 Å². The number of benzene rings is 1. The highest BCUT2D eigenvalue weighted by molar-refractivity contribution is 6.30. The molecule has 2 aromatic rings. The first-order valence-electron chi connectivity index (χ1n) is 7.63. The van der Waals surface area contributed by atoms with Crippen LogP contribution in [0.1, 0.15) is 31.4 Å². The normalized spacial score (nSPS) is 17.8. The highest BCUT2D eigenvalue weighted by Crippen LogP contribution is 2.32. The molecule has 2 heterocycles. The Bertz CT molecular complexity index is 690. The third-order valence-electron chi connectivity index (χ3n) is 3.97. The standard InChI is InChI=1S/C17H18ClN3O2/c1-12(22)21-10-2-3-13(11-21)16-17(20-9-8-19-16)23-15-6-4-14(18)5-7-15/h4-9,13H,2-3,10-11H2,1H3/t13-/m0/s1. The van der Waals surface area contributed by atoms with Crippen LogP contribution in [0.4, 0.5) is 0 Å². The number of piperidine rings is 1. The number of carbonyl (C=O) groups is 1. The number of amides is 1. The van der Waals surface area contributed by atoms with Crippen LogP contribution in [-0.4, -0.2) is 33.9 Å². The van der Waals surface area contributed by atoms with Crippen molar-refractivity contribution in [1.29, 1.82) is 0 Å². The zero-order valence-electron chi connectivity index (χ0n) is 12.9. The van der Waals surface area contributed by atoms with Gasteiger partial charge in [0.05, 0.1) is 0 Å². The van der Waals surface area contributed by atoms with E-state index in [-0.39, 0.29) is 11.8 Å². The minimum Gasteiger partial charge on any atom is -0.437 e. The number of hydrogen-bond acceptors (Lipinski definition) is 4. The van der Waals surface area contributed by atoms with Gasteiger partial charge in [-0.25, -0.2) is 4.98 Å². The SMILES string of the molecule is CC(=O)N1CCC[C@H](c2nccnc2Oc2ccc(Cl)cc2)C1. The molecule has 1 aromatic carbocycles. The fourth-order valence-corrected chi connectivity index (χ4v) is 2.92. The molecule has 1 aliphatic heterocycles. The lowest BCUT2D eigenvalue weighted by molar-refractivity contribution is -0.130. The molecule has 1 amide bonds. The Balaban J connectivity index is 1.82. The summed E-state index contributed by atoms with van der Waals surface area (Å²) in [6, 6.07) is 7.13. The van der Waals surface area contributed by atoms with E-state index in [4.69, 9.17) is 16.3 Å². The van der Waals surface area contributed by atoms with Gasteiger partial charge in [-0.15, -0.1) is 0 Å². The molecule has 1 fully saturated rings. The van der Waals surface area contributed by atoms with Crippen molar-refractivity contribution in [3.05, 3.63) is 47.4 Å². The summed E-state index contributed by atoms with van der Waals surface area (Å²) in [5.41, 5.74) is 0.799. The molecule has 0 bridgehead atoms. The van der Waals surface area contributed by atoms with Gasteiger partial charge in [-0.3, -0.25) is 9.78 Å². The number of nitrogens with zero attached hydrogens (tertiary/aromatic N) is 3. The number of ether oxygens (including phenoxy) is 1. The quantitative estimate of drug-likeness (QED) is 0.861. The van der Waals surface area contributed by atoms with Gasteiger partial charge in [0.25, 0.3) is 0 Å². The van der Waals surface area contributed by atoms with Gasteiger partial charge in [0.2, 0.25) is 11.8 Å². The third kappa shape index (κ3) is 3.79. The predicted octanol–water partition coefficient (Wildman–Crippen LogP) is 3.65. The smallest absolute Gasteiger partial charge is 0.241 e. The van der Waals surface area contributed by atoms with Gasteiger partial charge in [0, 0.05) is 43.3 Å². The fourth-order valence-electron chi connectivity index (χ4n) is 2.80. The molecule has 120 valence electrons. The molecule has 5 nitrogen and oxygen atoms in total. The van der Waals surface area contributed by atoms with Gasteiger partial charge < -0.3 is 9.64 Å². The zero-order chi connectivity index (χ0) is 16.2. The van der Waals surface area contributed by atoms with E-state index in [2.05, 4.69) is 9.97 Å². The predicted molar refractivity (Wildman–Crippen MR) is 87.8 cm³/mol. The molecule has 3 rings (SSSR count). The van der Waals surface area contributed by atoms with Crippen molar-refractivity contribution in [1.82, 2.24) is 14.9 Å². The van der Waals surface area contributed by atoms with Crippen LogP contribution in [0.5, 0.6) is 11.6 Å². The molecule has 0 radical (unpaired) electrons. The molecule has 0 N–H and O–H groups in total. The Labute approximate surface area is 140 Å². The number of likely N-dealkylation sites (tertiary alicyclic amines) is 1. The van der Waals surface area contributed by atoms with Crippen molar-refractivity contribution in [2.75, 3.05) is 13.1 Å². The summed E-state index contributed by atoms with van der Waals surface area (Å²) in [5, 5.41) is 0.654. The first-order valence-corrected chi connectivity index (χ1v) is 8.01. The summed E-state index contributed by atoms with van der Waals surface area (Å²) in [4.78, 5) is 22.3. The summed E-state index contributed by atoms with van der Waals surface area (Å²) in [5.74, 6) is 1.39. The second-order valence-electron chi connectivity index (χ2n) is 5.61. The minimum atomic E-state index is 0.0961. The molecule has 0 saturated carbocycles. The molecule has 6 heteroatoms. The van der Waals surface area contributed by atoms with E-state index >= 15 is 0 Å². The Morgan fingerprint density at radius 1 is 1.26 bits per heavy atom. The molecule has 1 aromatic heterocycles. The van der Waals surface area contributed by atoms with Crippen molar-refractivity contribution in [3.63, 3.8) is 0 Å². The number of halogens is 1. The molecule has 0 unspecified atom stereocenters. The average molecular weight is 332 g/mol. The number of aromatic nitrogens is 2. The number of rotatable bonds is 3. The maximum absolute atomic E-state index is 11.6. The van der Waals surface area contributed by atoms with Gasteiger partial charge in [-0.1, -0.05) is 11.6 Å². The summed E-state index contributed by atoms with van der Waals surface area (Å²) in [6.45, 7) is 3.06. The van der Waals surface area contributed by atoms with E-state index in [1.165, 1.54) is 0 Å². The Kier molecular flexibility index (Phi) is 4.76. The number of hydrogen-bond donors (Lipinski definition) is 0. The van der Waals surface area contributed by atoms with Crippen molar-refractivity contribution >= 4 is 17.5 Å². The average Bonchev–Trinajstić information content (AvgIpc) is 2.57. The Morgan fingerprint density at radius 3 is 2.74 bits per heavy atom. The first kappa shape index (κ1) is 15.7. The molecule has 0 aliphatic carbocycles. The van der Waals surface area contributed by atoms with Crippen LogP contribution in [0.15, 0.2) is 36.7 Å². The summed E-state index contributed by atoms with van der Waals surface area (Å²) in [6.07, 6.45) is 5.21. The second-order valence-corrected chi connectivity index (χ2v) is 6.04. The zero-order valence-corrected chi connectivity index (χ0v) is 13.7. The van der Waals surface area contributed by atoms with E-state index in [9.17, 15) is 4.79 Å². The second kappa shape index (κ2) is 6.96. The highest BCUT2D eigenvalue weighted by Gasteiger charge is 2.27. The van der Waals surface area contributed by atoms with Gasteiger partial charge in [0.1, 0.15) is 11.4 Å². The largest absolute Gasteiger partial charge is 0.437 e. The Morgan fingerprint density at radius 2 is 2.00 bits per heavy atom. The number of carbonyl (C=O) groups excluding carboxylic acids is 1. The van der Waals surface area contributed by atoms with Crippen LogP contribution in [0.2, 0.25) is 5.02 Å². The van der Waals surface area contributed by atoms with Crippen LogP contribution >= 0.6 is 11.6 Å². The molecular formula is C17H18ClN3O2. The lowest BCUT2D eigenvalue weighted by atomic mass is 9.94. The van der Waals surface area contributed by atoms with Crippen molar-refractivity contribution in [2.24, 2.45) is 0 Å². The van der Waals surface area contributed by atoms with Crippen molar-refractivity contribution < 1.29 is 9.53 Å². The van der Waals surface area contributed by atoms with Crippen LogP contribution in [0.25, 0.3) is 0 Å². The van der Waals surface area contributed by atoms with Gasteiger partial charge in [0.15, 0.2) is 0 Å². The van der Waals surface area contributed by atoms with Crippen LogP contribution < -0.4 is 4.74 Å². The van der Waals surface area contributed by atoms with E-state index in [1.807, 2.05) is 4.90 Å². The third-order valence-corrected chi connectivity index (χ3v) is 4.22. The monoisotopic (exact) mass is 331 g/mol.